The van der Waals surface area contributed by atoms with Gasteiger partial charge in [0.15, 0.2) is 0 Å². The van der Waals surface area contributed by atoms with Crippen LogP contribution >= 0.6 is 11.8 Å². The Kier molecular flexibility index (Phi) is 4.89. The van der Waals surface area contributed by atoms with Crippen LogP contribution in [0.25, 0.3) is 0 Å². The van der Waals surface area contributed by atoms with Crippen molar-refractivity contribution in [2.45, 2.75) is 38.6 Å². The van der Waals surface area contributed by atoms with Gasteiger partial charge in [-0.05, 0) is 25.1 Å². The van der Waals surface area contributed by atoms with E-state index in [1.54, 1.807) is 0 Å². The molecule has 1 fully saturated rings. The molecule has 2 atom stereocenters. The quantitative estimate of drug-likeness (QED) is 0.905. The second-order valence-electron chi connectivity index (χ2n) is 4.81. The van der Waals surface area contributed by atoms with Crippen molar-refractivity contribution in [3.05, 3.63) is 23.9 Å². The lowest BCUT2D eigenvalue weighted by Gasteiger charge is -2.38. The van der Waals surface area contributed by atoms with Crippen molar-refractivity contribution in [1.29, 1.82) is 0 Å². The van der Waals surface area contributed by atoms with Gasteiger partial charge in [0.05, 0.1) is 0 Å². The van der Waals surface area contributed by atoms with Gasteiger partial charge in [-0.1, -0.05) is 19.9 Å². The van der Waals surface area contributed by atoms with Crippen molar-refractivity contribution >= 4 is 17.6 Å². The molecule has 0 aromatic carbocycles. The highest BCUT2D eigenvalue weighted by Gasteiger charge is 2.25. The minimum atomic E-state index is 0.566. The zero-order valence-corrected chi connectivity index (χ0v) is 12.3. The Morgan fingerprint density at radius 3 is 2.94 bits per heavy atom. The van der Waals surface area contributed by atoms with E-state index in [1.165, 1.54) is 11.3 Å². The third kappa shape index (κ3) is 3.18. The molecule has 1 aromatic heterocycles. The van der Waals surface area contributed by atoms with E-state index in [0.717, 1.165) is 25.5 Å². The van der Waals surface area contributed by atoms with Gasteiger partial charge in [0, 0.05) is 36.3 Å². The van der Waals surface area contributed by atoms with Crippen LogP contribution in [0.2, 0.25) is 0 Å². The van der Waals surface area contributed by atoms with Crippen LogP contribution in [-0.4, -0.2) is 35.1 Å². The lowest BCUT2D eigenvalue weighted by Crippen LogP contribution is -2.45. The number of aromatic nitrogens is 1. The van der Waals surface area contributed by atoms with Gasteiger partial charge in [-0.2, -0.15) is 11.8 Å². The molecule has 0 aliphatic carbocycles. The van der Waals surface area contributed by atoms with Gasteiger partial charge >= 0.3 is 0 Å². The Hall–Kier alpha value is -0.740. The Morgan fingerprint density at radius 1 is 1.44 bits per heavy atom. The SMILES string of the molecule is CCNCc1ccc(N2CCSC(C)C2C)nc1. The summed E-state index contributed by atoms with van der Waals surface area (Å²) in [4.78, 5) is 7.05. The van der Waals surface area contributed by atoms with E-state index in [9.17, 15) is 0 Å². The van der Waals surface area contributed by atoms with Crippen LogP contribution in [0.15, 0.2) is 18.3 Å². The maximum absolute atomic E-state index is 4.62. The lowest BCUT2D eigenvalue weighted by atomic mass is 10.2. The highest BCUT2D eigenvalue weighted by atomic mass is 32.2. The number of thioether (sulfide) groups is 1. The van der Waals surface area contributed by atoms with Gasteiger partial charge in [0.2, 0.25) is 0 Å². The van der Waals surface area contributed by atoms with Crippen LogP contribution in [-0.2, 0) is 6.54 Å². The van der Waals surface area contributed by atoms with E-state index < -0.39 is 0 Å². The molecule has 1 aliphatic rings. The van der Waals surface area contributed by atoms with Crippen molar-refractivity contribution in [2.24, 2.45) is 0 Å². The van der Waals surface area contributed by atoms with Crippen LogP contribution in [0, 0.1) is 0 Å². The molecular weight excluding hydrogens is 242 g/mol. The van der Waals surface area contributed by atoms with Gasteiger partial charge in [-0.15, -0.1) is 0 Å². The summed E-state index contributed by atoms with van der Waals surface area (Å²) < 4.78 is 0. The minimum Gasteiger partial charge on any atom is -0.352 e. The Balaban J connectivity index is 2.04. The van der Waals surface area contributed by atoms with E-state index in [2.05, 4.69) is 59.9 Å². The zero-order chi connectivity index (χ0) is 13.0. The fourth-order valence-electron chi connectivity index (χ4n) is 2.22. The summed E-state index contributed by atoms with van der Waals surface area (Å²) in [6.07, 6.45) is 2.00. The van der Waals surface area contributed by atoms with Gasteiger partial charge < -0.3 is 10.2 Å². The third-order valence-electron chi connectivity index (χ3n) is 3.57. The monoisotopic (exact) mass is 265 g/mol. The first kappa shape index (κ1) is 13.7. The molecule has 0 spiro atoms. The van der Waals surface area contributed by atoms with Crippen LogP contribution < -0.4 is 10.2 Å². The third-order valence-corrected chi connectivity index (χ3v) is 4.90. The lowest BCUT2D eigenvalue weighted by molar-refractivity contribution is 0.620. The zero-order valence-electron chi connectivity index (χ0n) is 11.5. The summed E-state index contributed by atoms with van der Waals surface area (Å²) in [5, 5.41) is 4.00. The maximum atomic E-state index is 4.62. The van der Waals surface area contributed by atoms with Gasteiger partial charge in [0.1, 0.15) is 5.82 Å². The average molecular weight is 265 g/mol. The number of nitrogens with zero attached hydrogens (tertiary/aromatic N) is 2. The molecule has 1 saturated heterocycles. The molecule has 1 aromatic rings. The molecule has 4 heteroatoms. The number of anilines is 1. The number of hydrogen-bond acceptors (Lipinski definition) is 4. The molecule has 0 saturated carbocycles. The Labute approximate surface area is 114 Å². The van der Waals surface area contributed by atoms with Gasteiger partial charge in [-0.25, -0.2) is 4.98 Å². The summed E-state index contributed by atoms with van der Waals surface area (Å²) >= 11 is 2.06. The fourth-order valence-corrected chi connectivity index (χ4v) is 3.32. The number of rotatable bonds is 4. The van der Waals surface area contributed by atoms with E-state index in [1.807, 2.05) is 6.20 Å². The second kappa shape index (κ2) is 6.43. The molecule has 0 bridgehead atoms. The number of pyridine rings is 1. The first-order valence-corrected chi connectivity index (χ1v) is 7.81. The largest absolute Gasteiger partial charge is 0.352 e. The highest BCUT2D eigenvalue weighted by molar-refractivity contribution is 8.00. The predicted octanol–water partition coefficient (Wildman–Crippen LogP) is 2.52. The second-order valence-corrected chi connectivity index (χ2v) is 6.30. The predicted molar refractivity (Wildman–Crippen MR) is 80.3 cm³/mol. The summed E-state index contributed by atoms with van der Waals surface area (Å²) in [6.45, 7) is 9.74. The highest BCUT2D eigenvalue weighted by Crippen LogP contribution is 2.27. The van der Waals surface area contributed by atoms with Crippen molar-refractivity contribution in [3.63, 3.8) is 0 Å². The van der Waals surface area contributed by atoms with Crippen molar-refractivity contribution in [1.82, 2.24) is 10.3 Å². The Morgan fingerprint density at radius 2 is 2.28 bits per heavy atom. The van der Waals surface area contributed by atoms with Crippen molar-refractivity contribution < 1.29 is 0 Å². The van der Waals surface area contributed by atoms with Crippen LogP contribution in [0.3, 0.4) is 0 Å². The molecule has 2 unspecified atom stereocenters. The molecular formula is C14H23N3S. The molecule has 0 amide bonds. The van der Waals surface area contributed by atoms with Crippen LogP contribution in [0.5, 0.6) is 0 Å². The molecule has 100 valence electrons. The summed E-state index contributed by atoms with van der Waals surface area (Å²) in [7, 11) is 0. The first-order valence-electron chi connectivity index (χ1n) is 6.76. The van der Waals surface area contributed by atoms with E-state index in [0.29, 0.717) is 11.3 Å². The average Bonchev–Trinajstić information content (AvgIpc) is 2.40. The molecule has 1 N–H and O–H groups in total. The number of nitrogens with one attached hydrogen (secondary N) is 1. The van der Waals surface area contributed by atoms with Crippen molar-refractivity contribution in [3.8, 4) is 0 Å². The molecule has 2 rings (SSSR count). The maximum Gasteiger partial charge on any atom is 0.128 e. The molecule has 2 heterocycles. The standard InChI is InChI=1S/C14H23N3S/c1-4-15-9-13-5-6-14(16-10-13)17-7-8-18-12(3)11(17)2/h5-6,10-12,15H,4,7-9H2,1-3H3. The van der Waals surface area contributed by atoms with Crippen LogP contribution in [0.4, 0.5) is 5.82 Å². The van der Waals surface area contributed by atoms with Gasteiger partial charge in [0.25, 0.3) is 0 Å². The first-order chi connectivity index (χ1) is 8.72. The molecule has 3 nitrogen and oxygen atoms in total. The summed E-state index contributed by atoms with van der Waals surface area (Å²) in [5.41, 5.74) is 1.26. The Bertz CT molecular complexity index is 366. The smallest absolute Gasteiger partial charge is 0.128 e. The van der Waals surface area contributed by atoms with Crippen molar-refractivity contribution in [2.75, 3.05) is 23.7 Å². The fraction of sp³-hybridized carbons (Fsp3) is 0.643. The topological polar surface area (TPSA) is 28.2 Å². The van der Waals surface area contributed by atoms with E-state index in [4.69, 9.17) is 0 Å². The van der Waals surface area contributed by atoms with E-state index >= 15 is 0 Å². The minimum absolute atomic E-state index is 0.566. The van der Waals surface area contributed by atoms with Crippen LogP contribution in [0.1, 0.15) is 26.3 Å². The normalized spacial score (nSPS) is 24.3. The molecule has 0 radical (unpaired) electrons. The molecule has 1 aliphatic heterocycles. The van der Waals surface area contributed by atoms with Gasteiger partial charge in [-0.3, -0.25) is 0 Å². The summed E-state index contributed by atoms with van der Waals surface area (Å²) in [5.74, 6) is 2.32. The van der Waals surface area contributed by atoms with E-state index in [-0.39, 0.29) is 0 Å². The summed E-state index contributed by atoms with van der Waals surface area (Å²) in [6, 6.07) is 4.91. The number of hydrogen-bond donors (Lipinski definition) is 1. The molecule has 18 heavy (non-hydrogen) atoms.